The van der Waals surface area contributed by atoms with Crippen LogP contribution in [0, 0.1) is 3.01 Å². The molecular weight excluding hydrogens is 325 g/mol. The van der Waals surface area contributed by atoms with E-state index in [2.05, 4.69) is 50.7 Å². The van der Waals surface area contributed by atoms with Crippen molar-refractivity contribution in [2.75, 3.05) is 19.7 Å². The van der Waals surface area contributed by atoms with Crippen molar-refractivity contribution >= 4 is 34.1 Å². The van der Waals surface area contributed by atoms with Crippen molar-refractivity contribution < 1.29 is 4.74 Å². The first kappa shape index (κ1) is 11.7. The highest BCUT2D eigenvalue weighted by atomic mass is 127. The summed E-state index contributed by atoms with van der Waals surface area (Å²) in [5.41, 5.74) is 0. The highest BCUT2D eigenvalue weighted by Crippen LogP contribution is 2.22. The summed E-state index contributed by atoms with van der Waals surface area (Å²) in [6, 6.07) is 0.564. The van der Waals surface area contributed by atoms with Crippen LogP contribution in [-0.4, -0.2) is 40.0 Å². The summed E-state index contributed by atoms with van der Waals surface area (Å²) >= 11 is 3.63. The maximum atomic E-state index is 5.69. The molecule has 0 aromatic carbocycles. The second-order valence-corrected chi connectivity index (χ2v) is 6.36. The molecule has 0 N–H and O–H groups in total. The van der Waals surface area contributed by atoms with E-state index in [9.17, 15) is 0 Å². The number of ether oxygens (including phenoxy) is 1. The smallest absolute Gasteiger partial charge is 0.174 e. The molecule has 0 aliphatic carbocycles. The Hall–Kier alpha value is 0.210. The fraction of sp³-hybridized carbons (Fsp3) is 0.778. The maximum absolute atomic E-state index is 5.69. The van der Waals surface area contributed by atoms with E-state index in [1.807, 2.05) is 0 Å². The largest absolute Gasteiger partial charge is 0.367 e. The number of nitrogens with zero attached hydrogens (tertiary/aromatic N) is 3. The molecule has 0 bridgehead atoms. The van der Waals surface area contributed by atoms with E-state index in [0.29, 0.717) is 6.04 Å². The average Bonchev–Trinajstić information content (AvgIpc) is 2.65. The molecule has 1 aliphatic heterocycles. The van der Waals surface area contributed by atoms with Gasteiger partial charge in [0, 0.05) is 19.1 Å². The summed E-state index contributed by atoms with van der Waals surface area (Å²) in [6.07, 6.45) is 0.0564. The van der Waals surface area contributed by atoms with Crippen LogP contribution in [-0.2, 0) is 4.74 Å². The van der Waals surface area contributed by atoms with Gasteiger partial charge < -0.3 is 4.74 Å². The Kier molecular flexibility index (Phi) is 3.92. The monoisotopic (exact) mass is 339 g/mol. The second kappa shape index (κ2) is 5.03. The normalized spacial score (nSPS) is 23.6. The second-order valence-electron chi connectivity index (χ2n) is 3.85. The van der Waals surface area contributed by atoms with E-state index in [0.717, 1.165) is 28.5 Å². The van der Waals surface area contributed by atoms with Crippen LogP contribution in [0.25, 0.3) is 0 Å². The molecule has 0 amide bonds. The Morgan fingerprint density at radius 1 is 1.60 bits per heavy atom. The van der Waals surface area contributed by atoms with Crippen molar-refractivity contribution in [2.24, 2.45) is 0 Å². The van der Waals surface area contributed by atoms with Gasteiger partial charge in [0.1, 0.15) is 6.10 Å². The van der Waals surface area contributed by atoms with Gasteiger partial charge in [-0.1, -0.05) is 0 Å². The van der Waals surface area contributed by atoms with Gasteiger partial charge in [-0.15, -0.1) is 0 Å². The standard InChI is InChI=1S/C9H14IN3OS/c1-6(2)13-3-4-14-7(5-13)8-11-9(10)15-12-8/h6-7H,3-5H2,1-2H3. The third kappa shape index (κ3) is 2.86. The minimum atomic E-state index is 0.0564. The number of hydrogen-bond donors (Lipinski definition) is 0. The lowest BCUT2D eigenvalue weighted by Gasteiger charge is -2.34. The van der Waals surface area contributed by atoms with Crippen LogP contribution in [0.3, 0.4) is 0 Å². The molecule has 2 heterocycles. The fourth-order valence-electron chi connectivity index (χ4n) is 1.64. The first-order chi connectivity index (χ1) is 7.16. The van der Waals surface area contributed by atoms with Crippen LogP contribution in [0.1, 0.15) is 25.8 Å². The van der Waals surface area contributed by atoms with E-state index in [1.165, 1.54) is 11.5 Å². The minimum Gasteiger partial charge on any atom is -0.367 e. The summed E-state index contributed by atoms with van der Waals surface area (Å²) in [5, 5.41) is 0. The lowest BCUT2D eigenvalue weighted by molar-refractivity contribution is -0.0438. The van der Waals surface area contributed by atoms with Gasteiger partial charge in [-0.3, -0.25) is 4.90 Å². The van der Waals surface area contributed by atoms with Gasteiger partial charge in [-0.2, -0.15) is 4.37 Å². The Morgan fingerprint density at radius 3 is 3.00 bits per heavy atom. The lowest BCUT2D eigenvalue weighted by Crippen LogP contribution is -2.42. The Bertz CT molecular complexity index is 331. The molecule has 1 aromatic heterocycles. The molecule has 0 radical (unpaired) electrons. The molecule has 1 aromatic rings. The van der Waals surface area contributed by atoms with Crippen LogP contribution >= 0.6 is 34.1 Å². The molecule has 6 heteroatoms. The zero-order valence-electron chi connectivity index (χ0n) is 8.81. The van der Waals surface area contributed by atoms with Crippen molar-refractivity contribution in [3.63, 3.8) is 0 Å². The topological polar surface area (TPSA) is 38.2 Å². The van der Waals surface area contributed by atoms with Crippen LogP contribution in [0.4, 0.5) is 0 Å². The number of aromatic nitrogens is 2. The number of morpholine rings is 1. The first-order valence-corrected chi connectivity index (χ1v) is 6.87. The van der Waals surface area contributed by atoms with Crippen molar-refractivity contribution in [3.05, 3.63) is 8.84 Å². The van der Waals surface area contributed by atoms with Crippen molar-refractivity contribution in [2.45, 2.75) is 26.0 Å². The zero-order valence-corrected chi connectivity index (χ0v) is 11.8. The third-order valence-corrected chi connectivity index (χ3v) is 3.89. The summed E-state index contributed by atoms with van der Waals surface area (Å²) in [4.78, 5) is 6.78. The van der Waals surface area contributed by atoms with Gasteiger partial charge in [-0.25, -0.2) is 4.98 Å². The molecule has 1 saturated heterocycles. The molecule has 0 spiro atoms. The lowest BCUT2D eigenvalue weighted by atomic mass is 10.2. The van der Waals surface area contributed by atoms with Crippen LogP contribution < -0.4 is 0 Å². The minimum absolute atomic E-state index is 0.0564. The van der Waals surface area contributed by atoms with Gasteiger partial charge >= 0.3 is 0 Å². The molecule has 1 atom stereocenters. The molecule has 2 rings (SSSR count). The van der Waals surface area contributed by atoms with Gasteiger partial charge in [0.25, 0.3) is 0 Å². The highest BCUT2D eigenvalue weighted by Gasteiger charge is 2.26. The SMILES string of the molecule is CC(C)N1CCOC(c2nsc(I)n2)C1. The Morgan fingerprint density at radius 2 is 2.40 bits per heavy atom. The van der Waals surface area contributed by atoms with Crippen molar-refractivity contribution in [1.82, 2.24) is 14.3 Å². The molecule has 1 fully saturated rings. The molecule has 84 valence electrons. The third-order valence-electron chi connectivity index (χ3n) is 2.53. The molecule has 1 unspecified atom stereocenters. The average molecular weight is 339 g/mol. The van der Waals surface area contributed by atoms with Crippen LogP contribution in [0.2, 0.25) is 0 Å². The maximum Gasteiger partial charge on any atom is 0.174 e. The van der Waals surface area contributed by atoms with E-state index in [4.69, 9.17) is 4.74 Å². The molecule has 4 nitrogen and oxygen atoms in total. The van der Waals surface area contributed by atoms with Crippen molar-refractivity contribution in [3.8, 4) is 0 Å². The molecule has 15 heavy (non-hydrogen) atoms. The van der Waals surface area contributed by atoms with Crippen LogP contribution in [0.5, 0.6) is 0 Å². The number of hydrogen-bond acceptors (Lipinski definition) is 5. The number of rotatable bonds is 2. The van der Waals surface area contributed by atoms with Gasteiger partial charge in [0.2, 0.25) is 0 Å². The Balaban J connectivity index is 2.04. The predicted octanol–water partition coefficient (Wildman–Crippen LogP) is 1.92. The van der Waals surface area contributed by atoms with E-state index in [-0.39, 0.29) is 6.10 Å². The summed E-state index contributed by atoms with van der Waals surface area (Å²) < 4.78 is 11.0. The van der Waals surface area contributed by atoms with E-state index in [1.54, 1.807) is 0 Å². The summed E-state index contributed by atoms with van der Waals surface area (Å²) in [5.74, 6) is 0.842. The van der Waals surface area contributed by atoms with Crippen molar-refractivity contribution in [1.29, 1.82) is 0 Å². The molecule has 1 aliphatic rings. The number of halogens is 1. The van der Waals surface area contributed by atoms with Gasteiger partial charge in [-0.05, 0) is 48.0 Å². The van der Waals surface area contributed by atoms with E-state index < -0.39 is 0 Å². The quantitative estimate of drug-likeness (QED) is 0.772. The zero-order chi connectivity index (χ0) is 10.8. The summed E-state index contributed by atoms with van der Waals surface area (Å²) in [6.45, 7) is 7.11. The summed E-state index contributed by atoms with van der Waals surface area (Å²) in [7, 11) is 0. The van der Waals surface area contributed by atoms with E-state index >= 15 is 0 Å². The Labute approximate surface area is 107 Å². The molecule has 0 saturated carbocycles. The van der Waals surface area contributed by atoms with Crippen LogP contribution in [0.15, 0.2) is 0 Å². The van der Waals surface area contributed by atoms with Gasteiger partial charge in [0.05, 0.1) is 6.61 Å². The molecular formula is C9H14IN3OS. The predicted molar refractivity (Wildman–Crippen MR) is 68.0 cm³/mol. The fourth-order valence-corrected chi connectivity index (χ4v) is 2.64. The van der Waals surface area contributed by atoms with Gasteiger partial charge in [0.15, 0.2) is 8.84 Å². The first-order valence-electron chi connectivity index (χ1n) is 5.01. The highest BCUT2D eigenvalue weighted by molar-refractivity contribution is 14.1.